The molecule has 0 aromatic heterocycles. The molecular weight excluding hydrogens is 334 g/mol. The second-order valence-electron chi connectivity index (χ2n) is 6.97. The van der Waals surface area contributed by atoms with Crippen molar-refractivity contribution in [3.8, 4) is 0 Å². The van der Waals surface area contributed by atoms with E-state index in [4.69, 9.17) is 0 Å². The molecule has 0 radical (unpaired) electrons. The summed E-state index contributed by atoms with van der Waals surface area (Å²) in [6.45, 7) is 5.63. The van der Waals surface area contributed by atoms with Crippen molar-refractivity contribution in [1.82, 2.24) is 4.90 Å². The standard InChI is InChI=1S/C21H24F2N2O/c1-15-3-7-19(8-4-15)25(16(2)26)20-9-11-24(12-10-20)14-17-5-6-18(22)13-21(17)23/h3-8,13,20H,9-12,14H2,1-2H3. The van der Waals surface area contributed by atoms with Crippen LogP contribution in [0.4, 0.5) is 14.5 Å². The van der Waals surface area contributed by atoms with Crippen molar-refractivity contribution >= 4 is 11.6 Å². The van der Waals surface area contributed by atoms with Gasteiger partial charge in [-0.25, -0.2) is 8.78 Å². The molecule has 5 heteroatoms. The van der Waals surface area contributed by atoms with Gasteiger partial charge in [0.15, 0.2) is 0 Å². The average molecular weight is 358 g/mol. The zero-order chi connectivity index (χ0) is 18.7. The van der Waals surface area contributed by atoms with Gasteiger partial charge in [0, 0.05) is 49.9 Å². The van der Waals surface area contributed by atoms with Crippen LogP contribution in [0.5, 0.6) is 0 Å². The van der Waals surface area contributed by atoms with Gasteiger partial charge in [0.05, 0.1) is 0 Å². The molecule has 1 heterocycles. The number of carbonyl (C=O) groups is 1. The highest BCUT2D eigenvalue weighted by molar-refractivity contribution is 5.92. The van der Waals surface area contributed by atoms with Gasteiger partial charge in [0.2, 0.25) is 5.91 Å². The Balaban J connectivity index is 1.64. The maximum atomic E-state index is 13.9. The summed E-state index contributed by atoms with van der Waals surface area (Å²) in [6.07, 6.45) is 1.66. The highest BCUT2D eigenvalue weighted by Crippen LogP contribution is 2.25. The Labute approximate surface area is 153 Å². The third-order valence-electron chi connectivity index (χ3n) is 4.98. The van der Waals surface area contributed by atoms with E-state index in [0.717, 1.165) is 43.2 Å². The summed E-state index contributed by atoms with van der Waals surface area (Å²) in [5.41, 5.74) is 2.59. The predicted octanol–water partition coefficient (Wildman–Crippen LogP) is 4.29. The van der Waals surface area contributed by atoms with Crippen LogP contribution in [0.15, 0.2) is 42.5 Å². The maximum Gasteiger partial charge on any atom is 0.224 e. The van der Waals surface area contributed by atoms with Crippen molar-refractivity contribution in [3.63, 3.8) is 0 Å². The molecule has 0 spiro atoms. The fourth-order valence-corrected chi connectivity index (χ4v) is 3.58. The van der Waals surface area contributed by atoms with Gasteiger partial charge in [0.25, 0.3) is 0 Å². The minimum Gasteiger partial charge on any atom is -0.310 e. The first-order valence-corrected chi connectivity index (χ1v) is 8.97. The van der Waals surface area contributed by atoms with E-state index in [9.17, 15) is 13.6 Å². The molecule has 1 amide bonds. The van der Waals surface area contributed by atoms with Crippen LogP contribution >= 0.6 is 0 Å². The monoisotopic (exact) mass is 358 g/mol. The quantitative estimate of drug-likeness (QED) is 0.814. The van der Waals surface area contributed by atoms with E-state index < -0.39 is 11.6 Å². The fourth-order valence-electron chi connectivity index (χ4n) is 3.58. The molecule has 1 aliphatic heterocycles. The molecule has 0 unspecified atom stereocenters. The number of anilines is 1. The Morgan fingerprint density at radius 1 is 1.12 bits per heavy atom. The summed E-state index contributed by atoms with van der Waals surface area (Å²) in [5.74, 6) is -1.02. The Bertz CT molecular complexity index is 768. The van der Waals surface area contributed by atoms with E-state index in [1.807, 2.05) is 36.1 Å². The van der Waals surface area contributed by atoms with E-state index in [1.54, 1.807) is 6.92 Å². The summed E-state index contributed by atoms with van der Waals surface area (Å²) < 4.78 is 26.9. The van der Waals surface area contributed by atoms with Gasteiger partial charge in [-0.15, -0.1) is 0 Å². The first kappa shape index (κ1) is 18.5. The van der Waals surface area contributed by atoms with E-state index in [2.05, 4.69) is 4.90 Å². The second-order valence-corrected chi connectivity index (χ2v) is 6.97. The molecule has 0 bridgehead atoms. The lowest BCUT2D eigenvalue weighted by atomic mass is 10.0. The van der Waals surface area contributed by atoms with Crippen molar-refractivity contribution in [1.29, 1.82) is 0 Å². The molecule has 26 heavy (non-hydrogen) atoms. The van der Waals surface area contributed by atoms with Crippen LogP contribution in [0.2, 0.25) is 0 Å². The van der Waals surface area contributed by atoms with E-state index in [-0.39, 0.29) is 11.9 Å². The second kappa shape index (κ2) is 7.96. The van der Waals surface area contributed by atoms with Gasteiger partial charge in [0.1, 0.15) is 11.6 Å². The zero-order valence-corrected chi connectivity index (χ0v) is 15.2. The lowest BCUT2D eigenvalue weighted by molar-refractivity contribution is -0.117. The number of amides is 1. The fraction of sp³-hybridized carbons (Fsp3) is 0.381. The number of halogens is 2. The van der Waals surface area contributed by atoms with E-state index >= 15 is 0 Å². The third kappa shape index (κ3) is 4.28. The normalized spacial score (nSPS) is 15.8. The van der Waals surface area contributed by atoms with Crippen LogP contribution in [0.25, 0.3) is 0 Å². The maximum absolute atomic E-state index is 13.9. The van der Waals surface area contributed by atoms with Crippen LogP contribution in [-0.2, 0) is 11.3 Å². The molecule has 3 nitrogen and oxygen atoms in total. The Morgan fingerprint density at radius 3 is 2.35 bits per heavy atom. The van der Waals surface area contributed by atoms with Gasteiger partial charge in [-0.3, -0.25) is 9.69 Å². The van der Waals surface area contributed by atoms with Crippen molar-refractivity contribution in [2.24, 2.45) is 0 Å². The van der Waals surface area contributed by atoms with Crippen LogP contribution in [-0.4, -0.2) is 29.9 Å². The summed E-state index contributed by atoms with van der Waals surface area (Å²) in [4.78, 5) is 16.2. The minimum atomic E-state index is -0.555. The number of hydrogen-bond acceptors (Lipinski definition) is 2. The van der Waals surface area contributed by atoms with E-state index in [0.29, 0.717) is 12.1 Å². The van der Waals surface area contributed by atoms with Crippen molar-refractivity contribution in [3.05, 3.63) is 65.2 Å². The number of carbonyl (C=O) groups excluding carboxylic acids is 1. The SMILES string of the molecule is CC(=O)N(c1ccc(C)cc1)C1CCN(Cc2ccc(F)cc2F)CC1. The smallest absolute Gasteiger partial charge is 0.224 e. The average Bonchev–Trinajstić information content (AvgIpc) is 2.60. The number of aryl methyl sites for hydroxylation is 1. The topological polar surface area (TPSA) is 23.6 Å². The summed E-state index contributed by atoms with van der Waals surface area (Å²) in [7, 11) is 0. The molecule has 1 fully saturated rings. The van der Waals surface area contributed by atoms with Gasteiger partial charge >= 0.3 is 0 Å². The van der Waals surface area contributed by atoms with E-state index in [1.165, 1.54) is 12.1 Å². The van der Waals surface area contributed by atoms with Crippen LogP contribution in [0, 0.1) is 18.6 Å². The first-order chi connectivity index (χ1) is 12.4. The van der Waals surface area contributed by atoms with Crippen LogP contribution in [0.3, 0.4) is 0 Å². The molecular formula is C21H24F2N2O. The number of hydrogen-bond donors (Lipinski definition) is 0. The van der Waals surface area contributed by atoms with Crippen LogP contribution in [0.1, 0.15) is 30.9 Å². The molecule has 138 valence electrons. The van der Waals surface area contributed by atoms with Crippen molar-refractivity contribution < 1.29 is 13.6 Å². The number of rotatable bonds is 4. The zero-order valence-electron chi connectivity index (χ0n) is 15.2. The lowest BCUT2D eigenvalue weighted by Crippen LogP contribution is -2.46. The third-order valence-corrected chi connectivity index (χ3v) is 4.98. The number of likely N-dealkylation sites (tertiary alicyclic amines) is 1. The summed E-state index contributed by atoms with van der Waals surface area (Å²) in [5, 5.41) is 0. The minimum absolute atomic E-state index is 0.0388. The molecule has 1 aliphatic rings. The van der Waals surface area contributed by atoms with Gasteiger partial charge in [-0.1, -0.05) is 23.8 Å². The van der Waals surface area contributed by atoms with Crippen molar-refractivity contribution in [2.75, 3.05) is 18.0 Å². The van der Waals surface area contributed by atoms with Gasteiger partial charge in [-0.05, 0) is 38.0 Å². The largest absolute Gasteiger partial charge is 0.310 e. The van der Waals surface area contributed by atoms with Crippen LogP contribution < -0.4 is 4.90 Å². The molecule has 0 atom stereocenters. The number of piperidine rings is 1. The molecule has 0 saturated carbocycles. The molecule has 0 N–H and O–H groups in total. The lowest BCUT2D eigenvalue weighted by Gasteiger charge is -2.38. The molecule has 2 aromatic rings. The summed E-state index contributed by atoms with van der Waals surface area (Å²) in [6, 6.07) is 11.9. The molecule has 2 aromatic carbocycles. The molecule has 0 aliphatic carbocycles. The first-order valence-electron chi connectivity index (χ1n) is 8.97. The predicted molar refractivity (Wildman–Crippen MR) is 99.0 cm³/mol. The van der Waals surface area contributed by atoms with Crippen molar-refractivity contribution in [2.45, 2.75) is 39.3 Å². The summed E-state index contributed by atoms with van der Waals surface area (Å²) >= 11 is 0. The molecule has 3 rings (SSSR count). The highest BCUT2D eigenvalue weighted by atomic mass is 19.1. The Hall–Kier alpha value is -2.27. The molecule has 1 saturated heterocycles. The highest BCUT2D eigenvalue weighted by Gasteiger charge is 2.27. The Kier molecular flexibility index (Phi) is 5.67. The Morgan fingerprint density at radius 2 is 1.77 bits per heavy atom. The number of nitrogens with zero attached hydrogens (tertiary/aromatic N) is 2. The number of benzene rings is 2. The van der Waals surface area contributed by atoms with Gasteiger partial charge in [-0.2, -0.15) is 0 Å². The van der Waals surface area contributed by atoms with Gasteiger partial charge < -0.3 is 4.90 Å².